The van der Waals surface area contributed by atoms with Crippen LogP contribution in [0, 0.1) is 12.8 Å². The number of ether oxygens (including phenoxy) is 1. The highest BCUT2D eigenvalue weighted by Gasteiger charge is 2.23. The highest BCUT2D eigenvalue weighted by Crippen LogP contribution is 2.24. The Hall–Kier alpha value is -2.83. The van der Waals surface area contributed by atoms with E-state index in [-0.39, 0.29) is 17.9 Å². The van der Waals surface area contributed by atoms with E-state index in [1.54, 1.807) is 25.1 Å². The standard InChI is InChI=1S/C19H23NO6/c1-10(2)7-15(18(22)23)20-17(21)9-14-11(3)13-6-5-12(25-4)8-16(13)26-19(14)24/h5-6,8,10,15H,7,9H2,1-4H3,(H,20,21)(H,22,23). The summed E-state index contributed by atoms with van der Waals surface area (Å²) in [7, 11) is 1.51. The Morgan fingerprint density at radius 3 is 2.58 bits per heavy atom. The third-order valence-electron chi connectivity index (χ3n) is 4.17. The molecule has 7 nitrogen and oxygen atoms in total. The lowest BCUT2D eigenvalue weighted by Crippen LogP contribution is -2.42. The van der Waals surface area contributed by atoms with Crippen LogP contribution in [0.2, 0.25) is 0 Å². The van der Waals surface area contributed by atoms with Crippen molar-refractivity contribution in [3.63, 3.8) is 0 Å². The summed E-state index contributed by atoms with van der Waals surface area (Å²) in [6.45, 7) is 5.48. The van der Waals surface area contributed by atoms with Gasteiger partial charge in [0.05, 0.1) is 19.1 Å². The average molecular weight is 361 g/mol. The summed E-state index contributed by atoms with van der Waals surface area (Å²) in [6, 6.07) is 4.12. The Bertz CT molecular complexity index is 883. The van der Waals surface area contributed by atoms with Crippen LogP contribution >= 0.6 is 0 Å². The lowest BCUT2D eigenvalue weighted by atomic mass is 10.0. The average Bonchev–Trinajstić information content (AvgIpc) is 2.57. The van der Waals surface area contributed by atoms with Gasteiger partial charge in [0.25, 0.3) is 0 Å². The number of carboxylic acids is 1. The topological polar surface area (TPSA) is 106 Å². The van der Waals surface area contributed by atoms with Crippen molar-refractivity contribution in [2.75, 3.05) is 7.11 Å². The molecule has 2 N–H and O–H groups in total. The molecule has 0 bridgehead atoms. The quantitative estimate of drug-likeness (QED) is 0.733. The minimum Gasteiger partial charge on any atom is -0.497 e. The van der Waals surface area contributed by atoms with E-state index in [1.165, 1.54) is 7.11 Å². The summed E-state index contributed by atoms with van der Waals surface area (Å²) in [5, 5.41) is 12.4. The third kappa shape index (κ3) is 4.41. The summed E-state index contributed by atoms with van der Waals surface area (Å²) < 4.78 is 10.4. The van der Waals surface area contributed by atoms with Gasteiger partial charge in [0, 0.05) is 11.5 Å². The predicted molar refractivity (Wildman–Crippen MR) is 96.5 cm³/mol. The number of carbonyl (C=O) groups excluding carboxylic acids is 1. The number of rotatable bonds is 7. The van der Waals surface area contributed by atoms with Crippen LogP contribution in [-0.4, -0.2) is 30.1 Å². The maximum atomic E-state index is 12.3. The van der Waals surface area contributed by atoms with Crippen molar-refractivity contribution in [2.45, 2.75) is 39.7 Å². The summed E-state index contributed by atoms with van der Waals surface area (Å²) in [5.41, 5.74) is 0.604. The molecule has 0 radical (unpaired) electrons. The molecule has 2 aromatic rings. The van der Waals surface area contributed by atoms with Gasteiger partial charge < -0.3 is 19.6 Å². The number of amides is 1. The highest BCUT2D eigenvalue weighted by atomic mass is 16.5. The molecular weight excluding hydrogens is 338 g/mol. The monoisotopic (exact) mass is 361 g/mol. The number of methoxy groups -OCH3 is 1. The zero-order valence-corrected chi connectivity index (χ0v) is 15.3. The van der Waals surface area contributed by atoms with Crippen molar-refractivity contribution in [2.24, 2.45) is 5.92 Å². The van der Waals surface area contributed by atoms with E-state index in [4.69, 9.17) is 9.15 Å². The third-order valence-corrected chi connectivity index (χ3v) is 4.17. The minimum absolute atomic E-state index is 0.110. The number of hydrogen-bond donors (Lipinski definition) is 2. The van der Waals surface area contributed by atoms with E-state index >= 15 is 0 Å². The molecule has 1 atom stereocenters. The molecule has 0 fully saturated rings. The summed E-state index contributed by atoms with van der Waals surface area (Å²) in [6.07, 6.45) is 0.0736. The Kier molecular flexibility index (Phi) is 6.02. The fourth-order valence-corrected chi connectivity index (χ4v) is 2.80. The Morgan fingerprint density at radius 2 is 2.00 bits per heavy atom. The van der Waals surface area contributed by atoms with Crippen molar-refractivity contribution >= 4 is 22.8 Å². The van der Waals surface area contributed by atoms with Crippen molar-refractivity contribution in [1.29, 1.82) is 0 Å². The van der Waals surface area contributed by atoms with E-state index in [0.29, 0.717) is 28.7 Å². The second kappa shape index (κ2) is 8.03. The van der Waals surface area contributed by atoms with Crippen LogP contribution in [0.3, 0.4) is 0 Å². The van der Waals surface area contributed by atoms with E-state index in [0.717, 1.165) is 0 Å². The number of carboxylic acid groups (broad SMARTS) is 1. The maximum Gasteiger partial charge on any atom is 0.340 e. The van der Waals surface area contributed by atoms with Gasteiger partial charge in [-0.3, -0.25) is 4.79 Å². The molecule has 1 unspecified atom stereocenters. The van der Waals surface area contributed by atoms with Gasteiger partial charge in [0.2, 0.25) is 5.91 Å². The van der Waals surface area contributed by atoms with E-state index in [1.807, 2.05) is 13.8 Å². The molecular formula is C19H23NO6. The maximum absolute atomic E-state index is 12.3. The molecule has 2 rings (SSSR count). The number of carbonyl (C=O) groups is 2. The lowest BCUT2D eigenvalue weighted by molar-refractivity contribution is -0.142. The number of nitrogens with one attached hydrogen (secondary N) is 1. The molecule has 140 valence electrons. The molecule has 1 aromatic heterocycles. The molecule has 1 amide bonds. The zero-order chi connectivity index (χ0) is 19.4. The van der Waals surface area contributed by atoms with Crippen LogP contribution in [0.15, 0.2) is 27.4 Å². The number of aliphatic carboxylic acids is 1. The second-order valence-corrected chi connectivity index (χ2v) is 6.62. The zero-order valence-electron chi connectivity index (χ0n) is 15.3. The Balaban J connectivity index is 2.28. The van der Waals surface area contributed by atoms with Crippen LogP contribution in [0.5, 0.6) is 5.75 Å². The van der Waals surface area contributed by atoms with Crippen molar-refractivity contribution < 1.29 is 23.8 Å². The first-order valence-corrected chi connectivity index (χ1v) is 8.35. The summed E-state index contributed by atoms with van der Waals surface area (Å²) >= 11 is 0. The van der Waals surface area contributed by atoms with Gasteiger partial charge in [-0.2, -0.15) is 0 Å². The Labute approximate surface area is 151 Å². The normalized spacial score (nSPS) is 12.2. The fourth-order valence-electron chi connectivity index (χ4n) is 2.80. The van der Waals surface area contributed by atoms with Gasteiger partial charge in [-0.15, -0.1) is 0 Å². The molecule has 1 aromatic carbocycles. The molecule has 0 aliphatic carbocycles. The molecule has 0 spiro atoms. The predicted octanol–water partition coefficient (Wildman–Crippen LogP) is 2.27. The van der Waals surface area contributed by atoms with Crippen molar-refractivity contribution in [3.05, 3.63) is 39.7 Å². The number of aryl methyl sites for hydroxylation is 1. The molecule has 1 heterocycles. The van der Waals surface area contributed by atoms with Crippen molar-refractivity contribution in [1.82, 2.24) is 5.32 Å². The molecule has 26 heavy (non-hydrogen) atoms. The molecule has 0 aliphatic heterocycles. The highest BCUT2D eigenvalue weighted by molar-refractivity contribution is 5.87. The van der Waals surface area contributed by atoms with Gasteiger partial charge in [-0.1, -0.05) is 13.8 Å². The van der Waals surface area contributed by atoms with E-state index in [2.05, 4.69) is 5.32 Å². The largest absolute Gasteiger partial charge is 0.497 e. The summed E-state index contributed by atoms with van der Waals surface area (Å²) in [5.74, 6) is -0.954. The van der Waals surface area contributed by atoms with Crippen LogP contribution in [-0.2, 0) is 16.0 Å². The number of benzene rings is 1. The van der Waals surface area contributed by atoms with Crippen LogP contribution in [0.4, 0.5) is 0 Å². The van der Waals surface area contributed by atoms with E-state index in [9.17, 15) is 19.5 Å². The van der Waals surface area contributed by atoms with Crippen LogP contribution < -0.4 is 15.7 Å². The fraction of sp³-hybridized carbons (Fsp3) is 0.421. The van der Waals surface area contributed by atoms with Crippen LogP contribution in [0.1, 0.15) is 31.4 Å². The summed E-state index contributed by atoms with van der Waals surface area (Å²) in [4.78, 5) is 35.8. The van der Waals surface area contributed by atoms with Crippen LogP contribution in [0.25, 0.3) is 11.0 Å². The number of fused-ring (bicyclic) bond motifs is 1. The molecule has 0 saturated heterocycles. The SMILES string of the molecule is COc1ccc2c(C)c(CC(=O)NC(CC(C)C)C(=O)O)c(=O)oc2c1. The molecule has 0 aliphatic rings. The molecule has 0 saturated carbocycles. The van der Waals surface area contributed by atoms with Gasteiger partial charge in [0.15, 0.2) is 0 Å². The first kappa shape index (κ1) is 19.5. The lowest BCUT2D eigenvalue weighted by Gasteiger charge is -2.16. The minimum atomic E-state index is -1.10. The first-order chi connectivity index (χ1) is 12.2. The van der Waals surface area contributed by atoms with Crippen molar-refractivity contribution in [3.8, 4) is 5.75 Å². The van der Waals surface area contributed by atoms with Gasteiger partial charge in [-0.05, 0) is 37.0 Å². The Morgan fingerprint density at radius 1 is 1.31 bits per heavy atom. The van der Waals surface area contributed by atoms with Gasteiger partial charge in [0.1, 0.15) is 17.4 Å². The van der Waals surface area contributed by atoms with Gasteiger partial charge >= 0.3 is 11.6 Å². The van der Waals surface area contributed by atoms with Gasteiger partial charge in [-0.25, -0.2) is 9.59 Å². The molecule has 7 heteroatoms. The first-order valence-electron chi connectivity index (χ1n) is 8.35. The smallest absolute Gasteiger partial charge is 0.340 e. The second-order valence-electron chi connectivity index (χ2n) is 6.62. The number of hydrogen-bond acceptors (Lipinski definition) is 5. The van der Waals surface area contributed by atoms with E-state index < -0.39 is 23.5 Å².